The Morgan fingerprint density at radius 2 is 2.15 bits per heavy atom. The van der Waals surface area contributed by atoms with Crippen LogP contribution in [0.4, 0.5) is 0 Å². The minimum absolute atomic E-state index is 0.0264. The van der Waals surface area contributed by atoms with Crippen molar-refractivity contribution in [3.63, 3.8) is 0 Å². The summed E-state index contributed by atoms with van der Waals surface area (Å²) in [5.41, 5.74) is 0.630. The highest BCUT2D eigenvalue weighted by molar-refractivity contribution is 9.10. The van der Waals surface area contributed by atoms with Crippen LogP contribution >= 0.6 is 39.1 Å². The summed E-state index contributed by atoms with van der Waals surface area (Å²) in [6, 6.07) is 5.08. The molecule has 0 aliphatic carbocycles. The second kappa shape index (κ2) is 4.99. The van der Waals surface area contributed by atoms with Gasteiger partial charge in [-0.15, -0.1) is 11.6 Å². The molecule has 1 aromatic carbocycles. The average molecular weight is 282 g/mol. The number of benzene rings is 1. The molecule has 0 aliphatic heterocycles. The Hall–Kier alpha value is -0.0500. The number of Topliss-reactive ketones (excluding diaryl/α,β-unsaturated/α-hetero) is 1. The molecule has 1 nitrogen and oxygen atoms in total. The quantitative estimate of drug-likeness (QED) is 0.606. The molecule has 0 aliphatic rings. The zero-order valence-electron chi connectivity index (χ0n) is 6.69. The third-order valence-corrected chi connectivity index (χ3v) is 2.63. The van der Waals surface area contributed by atoms with E-state index >= 15 is 0 Å². The highest BCUT2D eigenvalue weighted by Crippen LogP contribution is 2.22. The van der Waals surface area contributed by atoms with Crippen molar-refractivity contribution >= 4 is 44.9 Å². The summed E-state index contributed by atoms with van der Waals surface area (Å²) in [6.07, 6.45) is 0.349. The molecule has 0 spiro atoms. The number of carbonyl (C=O) groups excluding carboxylic acids is 1. The van der Waals surface area contributed by atoms with Crippen molar-refractivity contribution in [1.82, 2.24) is 0 Å². The van der Waals surface area contributed by atoms with E-state index in [0.717, 1.165) is 4.47 Å². The van der Waals surface area contributed by atoms with E-state index in [1.54, 1.807) is 18.2 Å². The molecule has 70 valence electrons. The van der Waals surface area contributed by atoms with Crippen molar-refractivity contribution in [2.45, 2.75) is 6.42 Å². The van der Waals surface area contributed by atoms with Crippen LogP contribution in [0.1, 0.15) is 16.8 Å². The summed E-state index contributed by atoms with van der Waals surface area (Å²) < 4.78 is 0.718. The number of rotatable bonds is 3. The van der Waals surface area contributed by atoms with Crippen LogP contribution in [0.2, 0.25) is 5.02 Å². The highest BCUT2D eigenvalue weighted by Gasteiger charge is 2.08. The van der Waals surface area contributed by atoms with Gasteiger partial charge in [-0.05, 0) is 34.1 Å². The first-order valence-electron chi connectivity index (χ1n) is 3.69. The van der Waals surface area contributed by atoms with Crippen LogP contribution in [-0.2, 0) is 0 Å². The third-order valence-electron chi connectivity index (χ3n) is 1.55. The van der Waals surface area contributed by atoms with Gasteiger partial charge in [0.15, 0.2) is 5.78 Å². The lowest BCUT2D eigenvalue weighted by Crippen LogP contribution is -2.00. The van der Waals surface area contributed by atoms with Crippen LogP contribution in [0, 0.1) is 0 Å². The molecule has 1 rings (SSSR count). The summed E-state index contributed by atoms with van der Waals surface area (Å²) in [4.78, 5) is 11.4. The maximum absolute atomic E-state index is 11.4. The lowest BCUT2D eigenvalue weighted by Gasteiger charge is -2.01. The van der Waals surface area contributed by atoms with E-state index in [0.29, 0.717) is 22.9 Å². The van der Waals surface area contributed by atoms with Gasteiger partial charge in [-0.1, -0.05) is 11.6 Å². The summed E-state index contributed by atoms with van der Waals surface area (Å²) in [5.74, 6) is 0.368. The van der Waals surface area contributed by atoms with Crippen LogP contribution in [0.3, 0.4) is 0 Å². The molecule has 0 unspecified atom stereocenters. The number of ketones is 1. The number of hydrogen-bond donors (Lipinski definition) is 0. The van der Waals surface area contributed by atoms with Crippen LogP contribution in [0.15, 0.2) is 22.7 Å². The van der Waals surface area contributed by atoms with Crippen LogP contribution in [0.25, 0.3) is 0 Å². The Labute approximate surface area is 95.2 Å². The normalized spacial score (nSPS) is 10.1. The number of halogens is 3. The standard InChI is InChI=1S/C9H7BrCl2O/c10-8-5-6(12)1-2-7(8)9(13)3-4-11/h1-2,5H,3-4H2. The second-order valence-corrected chi connectivity index (χ2v) is 4.16. The fourth-order valence-corrected chi connectivity index (χ4v) is 2.01. The molecule has 0 aromatic heterocycles. The second-order valence-electron chi connectivity index (χ2n) is 2.49. The van der Waals surface area contributed by atoms with Crippen molar-refractivity contribution in [3.8, 4) is 0 Å². The van der Waals surface area contributed by atoms with Gasteiger partial charge in [-0.2, -0.15) is 0 Å². The molecule has 0 bridgehead atoms. The molecular weight excluding hydrogens is 275 g/mol. The Morgan fingerprint density at radius 1 is 1.46 bits per heavy atom. The maximum atomic E-state index is 11.4. The third kappa shape index (κ3) is 2.97. The van der Waals surface area contributed by atoms with E-state index in [4.69, 9.17) is 23.2 Å². The number of hydrogen-bond acceptors (Lipinski definition) is 1. The van der Waals surface area contributed by atoms with Crippen LogP contribution < -0.4 is 0 Å². The molecule has 1 aromatic rings. The van der Waals surface area contributed by atoms with Gasteiger partial charge in [0.1, 0.15) is 0 Å². The van der Waals surface area contributed by atoms with Gasteiger partial charge in [-0.3, -0.25) is 4.79 Å². The molecule has 4 heteroatoms. The minimum Gasteiger partial charge on any atom is -0.294 e. The van der Waals surface area contributed by atoms with E-state index < -0.39 is 0 Å². The van der Waals surface area contributed by atoms with Crippen molar-refractivity contribution < 1.29 is 4.79 Å². The molecule has 0 amide bonds. The molecule has 0 fully saturated rings. The predicted octanol–water partition coefficient (Wildman–Crippen LogP) is 3.91. The van der Waals surface area contributed by atoms with Crippen molar-refractivity contribution in [2.24, 2.45) is 0 Å². The van der Waals surface area contributed by atoms with E-state index in [-0.39, 0.29) is 5.78 Å². The maximum Gasteiger partial charge on any atom is 0.165 e. The average Bonchev–Trinajstić information content (AvgIpc) is 2.04. The Balaban J connectivity index is 2.95. The fraction of sp³-hybridized carbons (Fsp3) is 0.222. The Morgan fingerprint density at radius 3 is 2.69 bits per heavy atom. The monoisotopic (exact) mass is 280 g/mol. The molecule has 0 radical (unpaired) electrons. The summed E-state index contributed by atoms with van der Waals surface area (Å²) in [5, 5.41) is 0.606. The lowest BCUT2D eigenvalue weighted by molar-refractivity contribution is 0.0988. The van der Waals surface area contributed by atoms with Gasteiger partial charge in [0, 0.05) is 27.4 Å². The van der Waals surface area contributed by atoms with Gasteiger partial charge in [0.05, 0.1) is 0 Å². The molecule has 0 saturated heterocycles. The van der Waals surface area contributed by atoms with Crippen LogP contribution in [-0.4, -0.2) is 11.7 Å². The first kappa shape index (κ1) is 11.0. The summed E-state index contributed by atoms with van der Waals surface area (Å²) in [7, 11) is 0. The van der Waals surface area contributed by atoms with Gasteiger partial charge >= 0.3 is 0 Å². The predicted molar refractivity (Wildman–Crippen MR) is 58.8 cm³/mol. The SMILES string of the molecule is O=C(CCCl)c1ccc(Cl)cc1Br. The molecule has 0 N–H and O–H groups in total. The van der Waals surface area contributed by atoms with E-state index in [2.05, 4.69) is 15.9 Å². The zero-order valence-corrected chi connectivity index (χ0v) is 9.79. The van der Waals surface area contributed by atoms with E-state index in [9.17, 15) is 4.79 Å². The summed E-state index contributed by atoms with van der Waals surface area (Å²) >= 11 is 14.5. The first-order chi connectivity index (χ1) is 6.15. The molecular formula is C9H7BrCl2O. The molecule has 13 heavy (non-hydrogen) atoms. The van der Waals surface area contributed by atoms with Gasteiger partial charge in [0.2, 0.25) is 0 Å². The molecule has 0 atom stereocenters. The van der Waals surface area contributed by atoms with Crippen molar-refractivity contribution in [2.75, 3.05) is 5.88 Å². The van der Waals surface area contributed by atoms with Crippen molar-refractivity contribution in [3.05, 3.63) is 33.3 Å². The highest BCUT2D eigenvalue weighted by atomic mass is 79.9. The molecule has 0 heterocycles. The topological polar surface area (TPSA) is 17.1 Å². The lowest BCUT2D eigenvalue weighted by atomic mass is 10.1. The van der Waals surface area contributed by atoms with Gasteiger partial charge < -0.3 is 0 Å². The number of alkyl halides is 1. The summed E-state index contributed by atoms with van der Waals surface area (Å²) in [6.45, 7) is 0. The smallest absolute Gasteiger partial charge is 0.165 e. The van der Waals surface area contributed by atoms with E-state index in [1.165, 1.54) is 0 Å². The van der Waals surface area contributed by atoms with Gasteiger partial charge in [-0.25, -0.2) is 0 Å². The first-order valence-corrected chi connectivity index (χ1v) is 5.40. The zero-order chi connectivity index (χ0) is 9.84. The van der Waals surface area contributed by atoms with Crippen molar-refractivity contribution in [1.29, 1.82) is 0 Å². The minimum atomic E-state index is 0.0264. The Kier molecular flexibility index (Phi) is 4.23. The van der Waals surface area contributed by atoms with Gasteiger partial charge in [0.25, 0.3) is 0 Å². The Bertz CT molecular complexity index is 325. The van der Waals surface area contributed by atoms with E-state index in [1.807, 2.05) is 0 Å². The fourth-order valence-electron chi connectivity index (χ4n) is 0.936. The molecule has 0 saturated carbocycles. The largest absolute Gasteiger partial charge is 0.294 e. The number of carbonyl (C=O) groups is 1. The van der Waals surface area contributed by atoms with Crippen LogP contribution in [0.5, 0.6) is 0 Å².